The molecule has 0 bridgehead atoms. The van der Waals surface area contributed by atoms with Gasteiger partial charge in [0.15, 0.2) is 0 Å². The normalized spacial score (nSPS) is 10.3. The second-order valence-electron chi connectivity index (χ2n) is 4.58. The predicted molar refractivity (Wildman–Crippen MR) is 75.1 cm³/mol. The maximum atomic E-state index is 12.0. The molecule has 1 heterocycles. The molecule has 0 radical (unpaired) electrons. The van der Waals surface area contributed by atoms with Gasteiger partial charge in [0, 0.05) is 44.8 Å². The second kappa shape index (κ2) is 5.56. The van der Waals surface area contributed by atoms with Crippen LogP contribution in [0.4, 0.5) is 5.69 Å². The van der Waals surface area contributed by atoms with E-state index in [-0.39, 0.29) is 5.91 Å². The number of amides is 1. The summed E-state index contributed by atoms with van der Waals surface area (Å²) in [6.45, 7) is 0.428. The summed E-state index contributed by atoms with van der Waals surface area (Å²) in [5.41, 5.74) is 1.72. The van der Waals surface area contributed by atoms with Gasteiger partial charge in [-0.05, 0) is 24.3 Å². The first-order valence-electron chi connectivity index (χ1n) is 6.09. The van der Waals surface area contributed by atoms with Gasteiger partial charge in [-0.1, -0.05) is 0 Å². The van der Waals surface area contributed by atoms with Crippen molar-refractivity contribution in [1.29, 1.82) is 0 Å². The molecule has 0 aliphatic heterocycles. The number of anilines is 1. The van der Waals surface area contributed by atoms with Gasteiger partial charge in [0.05, 0.1) is 6.54 Å². The van der Waals surface area contributed by atoms with E-state index in [0.29, 0.717) is 12.1 Å². The minimum atomic E-state index is -0.0895. The summed E-state index contributed by atoms with van der Waals surface area (Å²) < 4.78 is 1.88. The maximum Gasteiger partial charge on any atom is 0.251 e. The van der Waals surface area contributed by atoms with Crippen molar-refractivity contribution in [3.05, 3.63) is 48.0 Å². The zero-order valence-corrected chi connectivity index (χ0v) is 11.4. The first-order valence-corrected chi connectivity index (χ1v) is 6.09. The Labute approximate surface area is 112 Å². The summed E-state index contributed by atoms with van der Waals surface area (Å²) in [6, 6.07) is 7.50. The van der Waals surface area contributed by atoms with Gasteiger partial charge >= 0.3 is 0 Å². The monoisotopic (exact) mass is 258 g/mol. The predicted octanol–water partition coefficient (Wildman–Crippen LogP) is 1.42. The van der Waals surface area contributed by atoms with Crippen molar-refractivity contribution in [2.24, 2.45) is 7.05 Å². The van der Waals surface area contributed by atoms with Gasteiger partial charge in [-0.15, -0.1) is 0 Å². The second-order valence-corrected chi connectivity index (χ2v) is 4.58. The number of rotatable bonds is 4. The van der Waals surface area contributed by atoms with Crippen LogP contribution in [0.3, 0.4) is 0 Å². The van der Waals surface area contributed by atoms with Crippen molar-refractivity contribution < 1.29 is 4.79 Å². The van der Waals surface area contributed by atoms with Crippen LogP contribution in [0.2, 0.25) is 0 Å². The number of aryl methyl sites for hydroxylation is 1. The van der Waals surface area contributed by atoms with Crippen molar-refractivity contribution in [3.8, 4) is 0 Å². The third-order valence-corrected chi connectivity index (χ3v) is 2.97. The lowest BCUT2D eigenvalue weighted by Gasteiger charge is -2.12. The lowest BCUT2D eigenvalue weighted by molar-refractivity contribution is 0.0949. The SMILES string of the molecule is CN(C)c1ccc(C(=O)NCc2nccn2C)cc1. The Bertz CT molecular complexity index is 557. The molecule has 0 saturated heterocycles. The van der Waals surface area contributed by atoms with Crippen LogP contribution in [-0.4, -0.2) is 29.6 Å². The van der Waals surface area contributed by atoms with Crippen LogP contribution in [-0.2, 0) is 13.6 Å². The van der Waals surface area contributed by atoms with Gasteiger partial charge in [0.1, 0.15) is 5.82 Å². The molecule has 0 saturated carbocycles. The quantitative estimate of drug-likeness (QED) is 0.902. The molecular weight excluding hydrogens is 240 g/mol. The number of carbonyl (C=O) groups excluding carboxylic acids is 1. The molecule has 0 aliphatic rings. The molecule has 5 heteroatoms. The molecular formula is C14H18N4O. The summed E-state index contributed by atoms with van der Waals surface area (Å²) in [7, 11) is 5.84. The van der Waals surface area contributed by atoms with Crippen molar-refractivity contribution in [2.45, 2.75) is 6.54 Å². The fourth-order valence-corrected chi connectivity index (χ4v) is 1.74. The van der Waals surface area contributed by atoms with E-state index < -0.39 is 0 Å². The smallest absolute Gasteiger partial charge is 0.251 e. The van der Waals surface area contributed by atoms with Crippen molar-refractivity contribution in [3.63, 3.8) is 0 Å². The van der Waals surface area contributed by atoms with Gasteiger partial charge in [-0.2, -0.15) is 0 Å². The minimum absolute atomic E-state index is 0.0895. The minimum Gasteiger partial charge on any atom is -0.378 e. The zero-order valence-electron chi connectivity index (χ0n) is 11.4. The summed E-state index contributed by atoms with van der Waals surface area (Å²) in [6.07, 6.45) is 3.57. The first kappa shape index (κ1) is 13.1. The number of benzene rings is 1. The van der Waals surface area contributed by atoms with E-state index in [0.717, 1.165) is 11.5 Å². The molecule has 0 aliphatic carbocycles. The molecule has 0 unspecified atom stereocenters. The van der Waals surface area contributed by atoms with Crippen LogP contribution in [0.15, 0.2) is 36.7 Å². The summed E-state index contributed by atoms with van der Waals surface area (Å²) in [5.74, 6) is 0.742. The first-order chi connectivity index (χ1) is 9.08. The van der Waals surface area contributed by atoms with E-state index in [1.807, 2.05) is 61.1 Å². The van der Waals surface area contributed by atoms with E-state index in [4.69, 9.17) is 0 Å². The number of hydrogen-bond acceptors (Lipinski definition) is 3. The summed E-state index contributed by atoms with van der Waals surface area (Å²) in [4.78, 5) is 18.1. The summed E-state index contributed by atoms with van der Waals surface area (Å²) in [5, 5.41) is 2.85. The van der Waals surface area contributed by atoms with E-state index in [2.05, 4.69) is 10.3 Å². The van der Waals surface area contributed by atoms with Crippen LogP contribution in [0.1, 0.15) is 16.2 Å². The molecule has 0 spiro atoms. The number of nitrogens with zero attached hydrogens (tertiary/aromatic N) is 3. The molecule has 100 valence electrons. The largest absolute Gasteiger partial charge is 0.378 e. The molecule has 1 amide bonds. The van der Waals surface area contributed by atoms with Crippen LogP contribution in [0, 0.1) is 0 Å². The maximum absolute atomic E-state index is 12.0. The van der Waals surface area contributed by atoms with Gasteiger partial charge in [0.25, 0.3) is 5.91 Å². The number of nitrogens with one attached hydrogen (secondary N) is 1. The number of carbonyl (C=O) groups is 1. The van der Waals surface area contributed by atoms with Crippen LogP contribution in [0.25, 0.3) is 0 Å². The van der Waals surface area contributed by atoms with Gasteiger partial charge < -0.3 is 14.8 Å². The van der Waals surface area contributed by atoms with E-state index in [1.165, 1.54) is 0 Å². The fraction of sp³-hybridized carbons (Fsp3) is 0.286. The van der Waals surface area contributed by atoms with Gasteiger partial charge in [0.2, 0.25) is 0 Å². The zero-order chi connectivity index (χ0) is 13.8. The number of aromatic nitrogens is 2. The van der Waals surface area contributed by atoms with Crippen molar-refractivity contribution >= 4 is 11.6 Å². The lowest BCUT2D eigenvalue weighted by Crippen LogP contribution is -2.24. The highest BCUT2D eigenvalue weighted by atomic mass is 16.1. The Balaban J connectivity index is 1.98. The molecule has 0 atom stereocenters. The molecule has 19 heavy (non-hydrogen) atoms. The van der Waals surface area contributed by atoms with E-state index >= 15 is 0 Å². The topological polar surface area (TPSA) is 50.2 Å². The lowest BCUT2D eigenvalue weighted by atomic mass is 10.2. The molecule has 0 fully saturated rings. The Morgan fingerprint density at radius 1 is 1.32 bits per heavy atom. The number of hydrogen-bond donors (Lipinski definition) is 1. The average Bonchev–Trinajstić information content (AvgIpc) is 2.81. The van der Waals surface area contributed by atoms with Crippen LogP contribution >= 0.6 is 0 Å². The van der Waals surface area contributed by atoms with Crippen molar-refractivity contribution in [2.75, 3.05) is 19.0 Å². The highest BCUT2D eigenvalue weighted by Gasteiger charge is 2.07. The molecule has 2 rings (SSSR count). The number of imidazole rings is 1. The van der Waals surface area contributed by atoms with Crippen LogP contribution < -0.4 is 10.2 Å². The van der Waals surface area contributed by atoms with E-state index in [1.54, 1.807) is 6.20 Å². The summed E-state index contributed by atoms with van der Waals surface area (Å²) >= 11 is 0. The highest BCUT2D eigenvalue weighted by Crippen LogP contribution is 2.12. The molecule has 1 aromatic heterocycles. The Morgan fingerprint density at radius 3 is 2.53 bits per heavy atom. The van der Waals surface area contributed by atoms with Crippen molar-refractivity contribution in [1.82, 2.24) is 14.9 Å². The Hall–Kier alpha value is -2.30. The molecule has 1 N–H and O–H groups in total. The van der Waals surface area contributed by atoms with Gasteiger partial charge in [-0.3, -0.25) is 4.79 Å². The average molecular weight is 258 g/mol. The Morgan fingerprint density at radius 2 is 2.00 bits per heavy atom. The molecule has 5 nitrogen and oxygen atoms in total. The Kier molecular flexibility index (Phi) is 3.85. The van der Waals surface area contributed by atoms with Gasteiger partial charge in [-0.25, -0.2) is 4.98 Å². The molecule has 2 aromatic rings. The van der Waals surface area contributed by atoms with E-state index in [9.17, 15) is 4.79 Å². The third kappa shape index (κ3) is 3.13. The standard InChI is InChI=1S/C14H18N4O/c1-17(2)12-6-4-11(5-7-12)14(19)16-10-13-15-8-9-18(13)3/h4-9H,10H2,1-3H3,(H,16,19). The fourth-order valence-electron chi connectivity index (χ4n) is 1.74. The molecule has 1 aromatic carbocycles. The van der Waals surface area contributed by atoms with Crippen LogP contribution in [0.5, 0.6) is 0 Å². The highest BCUT2D eigenvalue weighted by molar-refractivity contribution is 5.94. The third-order valence-electron chi connectivity index (χ3n) is 2.97.